The first-order valence-corrected chi connectivity index (χ1v) is 5.77. The standard InChI is InChI=1S/C11H12BrN3O/c1-8-10(12)11(14-15(8)5-6-16)9-3-2-4-13-7-9/h2-4,7,16H,5-6H2,1H3. The smallest absolute Gasteiger partial charge is 0.108 e. The summed E-state index contributed by atoms with van der Waals surface area (Å²) in [4.78, 5) is 4.07. The molecular formula is C11H12BrN3O. The van der Waals surface area contributed by atoms with Gasteiger partial charge in [0.2, 0.25) is 0 Å². The Bertz CT molecular complexity index is 481. The molecule has 1 N–H and O–H groups in total. The van der Waals surface area contributed by atoms with Gasteiger partial charge in [-0.25, -0.2) is 0 Å². The van der Waals surface area contributed by atoms with Gasteiger partial charge >= 0.3 is 0 Å². The van der Waals surface area contributed by atoms with Crippen LogP contribution in [0, 0.1) is 6.92 Å². The molecular weight excluding hydrogens is 270 g/mol. The topological polar surface area (TPSA) is 50.9 Å². The number of nitrogens with zero attached hydrogens (tertiary/aromatic N) is 3. The maximum atomic E-state index is 8.93. The summed E-state index contributed by atoms with van der Waals surface area (Å²) in [5.41, 5.74) is 2.83. The molecule has 0 spiro atoms. The van der Waals surface area contributed by atoms with Crippen LogP contribution >= 0.6 is 15.9 Å². The highest BCUT2D eigenvalue weighted by Crippen LogP contribution is 2.29. The van der Waals surface area contributed by atoms with Crippen LogP contribution in [0.3, 0.4) is 0 Å². The van der Waals surface area contributed by atoms with Crippen LogP contribution in [0.4, 0.5) is 0 Å². The molecule has 0 atom stereocenters. The second kappa shape index (κ2) is 4.76. The van der Waals surface area contributed by atoms with Gasteiger partial charge in [0, 0.05) is 18.0 Å². The Morgan fingerprint density at radius 2 is 2.31 bits per heavy atom. The summed E-state index contributed by atoms with van der Waals surface area (Å²) in [6.07, 6.45) is 3.50. The Labute approximate surface area is 102 Å². The average molecular weight is 282 g/mol. The number of rotatable bonds is 3. The summed E-state index contributed by atoms with van der Waals surface area (Å²) in [7, 11) is 0. The van der Waals surface area contributed by atoms with E-state index in [4.69, 9.17) is 5.11 Å². The summed E-state index contributed by atoms with van der Waals surface area (Å²) in [6, 6.07) is 3.84. The van der Waals surface area contributed by atoms with E-state index in [2.05, 4.69) is 26.0 Å². The number of pyridine rings is 1. The molecule has 0 aliphatic heterocycles. The van der Waals surface area contributed by atoms with Crippen molar-refractivity contribution in [2.45, 2.75) is 13.5 Å². The Balaban J connectivity index is 2.46. The highest BCUT2D eigenvalue weighted by molar-refractivity contribution is 9.10. The Hall–Kier alpha value is -1.20. The summed E-state index contributed by atoms with van der Waals surface area (Å²) in [5, 5.41) is 13.4. The van der Waals surface area contributed by atoms with E-state index in [-0.39, 0.29) is 6.61 Å². The molecule has 0 fully saturated rings. The summed E-state index contributed by atoms with van der Waals surface area (Å²) in [6.45, 7) is 2.55. The second-order valence-electron chi connectivity index (χ2n) is 3.44. The molecule has 16 heavy (non-hydrogen) atoms. The first-order chi connectivity index (χ1) is 7.74. The Morgan fingerprint density at radius 3 is 2.94 bits per heavy atom. The van der Waals surface area contributed by atoms with Crippen molar-refractivity contribution < 1.29 is 5.11 Å². The van der Waals surface area contributed by atoms with Crippen LogP contribution in [0.5, 0.6) is 0 Å². The Morgan fingerprint density at radius 1 is 1.50 bits per heavy atom. The van der Waals surface area contributed by atoms with E-state index in [1.807, 2.05) is 19.1 Å². The van der Waals surface area contributed by atoms with Crippen LogP contribution in [0.2, 0.25) is 0 Å². The van der Waals surface area contributed by atoms with Gasteiger partial charge in [-0.1, -0.05) is 0 Å². The van der Waals surface area contributed by atoms with Crippen LogP contribution < -0.4 is 0 Å². The van der Waals surface area contributed by atoms with E-state index in [1.54, 1.807) is 17.1 Å². The second-order valence-corrected chi connectivity index (χ2v) is 4.23. The molecule has 0 bridgehead atoms. The van der Waals surface area contributed by atoms with Gasteiger partial charge in [-0.2, -0.15) is 5.10 Å². The molecule has 4 nitrogen and oxygen atoms in total. The minimum atomic E-state index is 0.0848. The third-order valence-electron chi connectivity index (χ3n) is 2.38. The zero-order valence-corrected chi connectivity index (χ0v) is 10.5. The lowest BCUT2D eigenvalue weighted by Crippen LogP contribution is -2.05. The maximum Gasteiger partial charge on any atom is 0.108 e. The van der Waals surface area contributed by atoms with Crippen molar-refractivity contribution in [2.24, 2.45) is 0 Å². The fourth-order valence-corrected chi connectivity index (χ4v) is 2.04. The zero-order valence-electron chi connectivity index (χ0n) is 8.89. The molecule has 0 aliphatic rings. The third kappa shape index (κ3) is 2.01. The monoisotopic (exact) mass is 281 g/mol. The number of aliphatic hydroxyl groups is 1. The molecule has 84 valence electrons. The highest BCUT2D eigenvalue weighted by atomic mass is 79.9. The van der Waals surface area contributed by atoms with Crippen molar-refractivity contribution in [3.05, 3.63) is 34.7 Å². The number of aromatic nitrogens is 3. The summed E-state index contributed by atoms with van der Waals surface area (Å²) < 4.78 is 2.74. The fourth-order valence-electron chi connectivity index (χ4n) is 1.52. The minimum Gasteiger partial charge on any atom is -0.394 e. The fraction of sp³-hybridized carbons (Fsp3) is 0.273. The van der Waals surface area contributed by atoms with Crippen molar-refractivity contribution in [1.29, 1.82) is 0 Å². The molecule has 0 aliphatic carbocycles. The van der Waals surface area contributed by atoms with E-state index in [9.17, 15) is 0 Å². The van der Waals surface area contributed by atoms with E-state index in [1.165, 1.54) is 0 Å². The first-order valence-electron chi connectivity index (χ1n) is 4.98. The van der Waals surface area contributed by atoms with Crippen molar-refractivity contribution in [3.8, 4) is 11.3 Å². The minimum absolute atomic E-state index is 0.0848. The van der Waals surface area contributed by atoms with E-state index >= 15 is 0 Å². The molecule has 5 heteroatoms. The normalized spacial score (nSPS) is 10.7. The molecule has 2 aromatic heterocycles. The van der Waals surface area contributed by atoms with Crippen LogP contribution in [-0.2, 0) is 6.54 Å². The van der Waals surface area contributed by atoms with E-state index in [0.717, 1.165) is 21.4 Å². The van der Waals surface area contributed by atoms with Crippen LogP contribution in [0.15, 0.2) is 29.0 Å². The quantitative estimate of drug-likeness (QED) is 0.936. The maximum absolute atomic E-state index is 8.93. The van der Waals surface area contributed by atoms with E-state index in [0.29, 0.717) is 6.54 Å². The van der Waals surface area contributed by atoms with Gasteiger partial charge in [-0.05, 0) is 35.0 Å². The number of aliphatic hydroxyl groups excluding tert-OH is 1. The van der Waals surface area contributed by atoms with Crippen LogP contribution in [-0.4, -0.2) is 26.5 Å². The molecule has 0 amide bonds. The van der Waals surface area contributed by atoms with Gasteiger partial charge in [0.25, 0.3) is 0 Å². The van der Waals surface area contributed by atoms with Crippen LogP contribution in [0.25, 0.3) is 11.3 Å². The summed E-state index contributed by atoms with van der Waals surface area (Å²) >= 11 is 3.51. The molecule has 2 aromatic rings. The predicted octanol–water partition coefficient (Wildman–Crippen LogP) is 2.01. The van der Waals surface area contributed by atoms with Crippen LogP contribution in [0.1, 0.15) is 5.69 Å². The van der Waals surface area contributed by atoms with Gasteiger partial charge in [0.15, 0.2) is 0 Å². The third-order valence-corrected chi connectivity index (χ3v) is 3.33. The van der Waals surface area contributed by atoms with Gasteiger partial charge in [0.05, 0.1) is 23.3 Å². The predicted molar refractivity (Wildman–Crippen MR) is 65.0 cm³/mol. The van der Waals surface area contributed by atoms with Gasteiger partial charge in [-0.3, -0.25) is 9.67 Å². The van der Waals surface area contributed by atoms with Crippen molar-refractivity contribution in [3.63, 3.8) is 0 Å². The lowest BCUT2D eigenvalue weighted by Gasteiger charge is -1.99. The van der Waals surface area contributed by atoms with Crippen molar-refractivity contribution in [2.75, 3.05) is 6.61 Å². The molecule has 0 saturated heterocycles. The molecule has 0 radical (unpaired) electrons. The molecule has 0 saturated carbocycles. The van der Waals surface area contributed by atoms with Gasteiger partial charge in [0.1, 0.15) is 5.69 Å². The Kier molecular flexibility index (Phi) is 3.36. The molecule has 2 heterocycles. The van der Waals surface area contributed by atoms with E-state index < -0.39 is 0 Å². The zero-order chi connectivity index (χ0) is 11.5. The molecule has 0 unspecified atom stereocenters. The van der Waals surface area contributed by atoms with Gasteiger partial charge < -0.3 is 5.11 Å². The molecule has 0 aromatic carbocycles. The number of hydrogen-bond donors (Lipinski definition) is 1. The van der Waals surface area contributed by atoms with Crippen molar-refractivity contribution >= 4 is 15.9 Å². The molecule has 2 rings (SSSR count). The SMILES string of the molecule is Cc1c(Br)c(-c2cccnc2)nn1CCO. The largest absolute Gasteiger partial charge is 0.394 e. The average Bonchev–Trinajstić information content (AvgIpc) is 2.59. The lowest BCUT2D eigenvalue weighted by molar-refractivity contribution is 0.268. The lowest BCUT2D eigenvalue weighted by atomic mass is 10.2. The first kappa shape index (κ1) is 11.3. The van der Waals surface area contributed by atoms with Crippen molar-refractivity contribution in [1.82, 2.24) is 14.8 Å². The van der Waals surface area contributed by atoms with Gasteiger partial charge in [-0.15, -0.1) is 0 Å². The number of hydrogen-bond acceptors (Lipinski definition) is 3. The number of halogens is 1. The highest BCUT2D eigenvalue weighted by Gasteiger charge is 2.13. The summed E-state index contributed by atoms with van der Waals surface area (Å²) in [5.74, 6) is 0.